The number of aliphatic hydroxyl groups excluding tert-OH is 1. The van der Waals surface area contributed by atoms with Gasteiger partial charge in [0.2, 0.25) is 0 Å². The highest BCUT2D eigenvalue weighted by molar-refractivity contribution is 5.87. The fraction of sp³-hybridized carbons (Fsp3) is 0.612. The molecule has 0 heterocycles. The van der Waals surface area contributed by atoms with E-state index in [1.165, 1.54) is 56.9 Å². The summed E-state index contributed by atoms with van der Waals surface area (Å²) in [5, 5.41) is 9.77. The SMILES string of the molecule is CCOc1ccc(/C=C/C(=O)OC2CCC34CC35CCC3(C)C(C(C)CCC(C)=C(C)C)CCC3(C)C5CC=C4C2(C)C)cc1CO.Nc1cccc(N)c1. The lowest BCUT2D eigenvalue weighted by Gasteiger charge is -2.61. The quantitative estimate of drug-likeness (QED) is 0.0966. The van der Waals surface area contributed by atoms with E-state index in [0.717, 1.165) is 41.7 Å². The van der Waals surface area contributed by atoms with Crippen molar-refractivity contribution in [3.63, 3.8) is 0 Å². The van der Waals surface area contributed by atoms with Gasteiger partial charge in [0.05, 0.1) is 13.2 Å². The van der Waals surface area contributed by atoms with Crippen molar-refractivity contribution in [2.24, 2.45) is 44.8 Å². The molecule has 300 valence electrons. The number of esters is 1. The molecular formula is C49H70N2O4. The molecule has 7 rings (SSSR count). The number of nitrogens with two attached hydrogens (primary N) is 2. The minimum absolute atomic E-state index is 0.106. The number of benzene rings is 2. The van der Waals surface area contributed by atoms with Gasteiger partial charge in [-0.1, -0.05) is 69.5 Å². The van der Waals surface area contributed by atoms with E-state index in [1.54, 1.807) is 41.5 Å². The zero-order valence-electron chi connectivity index (χ0n) is 35.4. The van der Waals surface area contributed by atoms with Gasteiger partial charge in [-0.05, 0) is 173 Å². The lowest BCUT2D eigenvalue weighted by Crippen LogP contribution is -2.55. The topological polar surface area (TPSA) is 108 Å². The molecule has 0 aromatic heterocycles. The van der Waals surface area contributed by atoms with E-state index < -0.39 is 0 Å². The number of carbonyl (C=O) groups excluding carboxylic acids is 1. The molecular weight excluding hydrogens is 681 g/mol. The second-order valence-corrected chi connectivity index (χ2v) is 19.2. The second-order valence-electron chi connectivity index (χ2n) is 19.2. The van der Waals surface area contributed by atoms with Crippen LogP contribution in [0, 0.1) is 44.8 Å². The first-order valence-electron chi connectivity index (χ1n) is 21.2. The van der Waals surface area contributed by atoms with Gasteiger partial charge in [-0.15, -0.1) is 0 Å². The Hall–Kier alpha value is -3.51. The van der Waals surface area contributed by atoms with Crippen LogP contribution in [0.5, 0.6) is 5.75 Å². The molecule has 8 atom stereocenters. The van der Waals surface area contributed by atoms with Crippen LogP contribution in [0.4, 0.5) is 11.4 Å². The number of fused-ring (bicyclic) bond motifs is 2. The predicted molar refractivity (Wildman–Crippen MR) is 227 cm³/mol. The molecule has 8 unspecified atom stereocenters. The van der Waals surface area contributed by atoms with Crippen LogP contribution in [0.25, 0.3) is 6.08 Å². The van der Waals surface area contributed by atoms with Crippen molar-refractivity contribution in [2.75, 3.05) is 18.1 Å². The summed E-state index contributed by atoms with van der Waals surface area (Å²) in [4.78, 5) is 13.2. The molecule has 4 fully saturated rings. The summed E-state index contributed by atoms with van der Waals surface area (Å²) in [6.07, 6.45) is 18.6. The Morgan fingerprint density at radius 2 is 1.69 bits per heavy atom. The second kappa shape index (κ2) is 15.4. The number of nitrogen functional groups attached to an aromatic ring is 2. The average Bonchev–Trinajstić information content (AvgIpc) is 3.72. The van der Waals surface area contributed by atoms with Gasteiger partial charge in [0.1, 0.15) is 11.9 Å². The predicted octanol–water partition coefficient (Wildman–Crippen LogP) is 11.5. The van der Waals surface area contributed by atoms with E-state index in [0.29, 0.717) is 45.4 Å². The van der Waals surface area contributed by atoms with E-state index in [4.69, 9.17) is 20.9 Å². The van der Waals surface area contributed by atoms with Crippen LogP contribution < -0.4 is 16.2 Å². The van der Waals surface area contributed by atoms with Crippen molar-refractivity contribution in [2.45, 2.75) is 139 Å². The largest absolute Gasteiger partial charge is 0.494 e. The average molecular weight is 751 g/mol. The Labute approximate surface area is 332 Å². The summed E-state index contributed by atoms with van der Waals surface area (Å²) < 4.78 is 11.9. The van der Waals surface area contributed by atoms with Crippen LogP contribution in [-0.4, -0.2) is 23.8 Å². The number of aliphatic hydroxyl groups is 1. The molecule has 55 heavy (non-hydrogen) atoms. The van der Waals surface area contributed by atoms with Crippen molar-refractivity contribution in [3.8, 4) is 5.75 Å². The van der Waals surface area contributed by atoms with E-state index in [-0.39, 0.29) is 24.1 Å². The first-order chi connectivity index (χ1) is 26.0. The Morgan fingerprint density at radius 1 is 0.964 bits per heavy atom. The number of anilines is 2. The molecule has 2 aromatic rings. The molecule has 5 aliphatic rings. The van der Waals surface area contributed by atoms with Crippen molar-refractivity contribution in [1.29, 1.82) is 0 Å². The van der Waals surface area contributed by atoms with Crippen LogP contribution in [0.2, 0.25) is 0 Å². The highest BCUT2D eigenvalue weighted by Crippen LogP contribution is 2.88. The number of hydrogen-bond acceptors (Lipinski definition) is 6. The summed E-state index contributed by atoms with van der Waals surface area (Å²) in [6, 6.07) is 12.8. The number of allylic oxidation sites excluding steroid dienone is 3. The molecule has 5 N–H and O–H groups in total. The number of ether oxygens (including phenoxy) is 2. The standard InChI is InChI=1S/C43H62O4.C6H8N2/c1-10-46-34-15-13-31(25-32(34)26-44)14-18-38(45)47-37-20-22-42-27-43(42)24-23-40(8)33(30(5)12-11-29(4)28(2)3)19-21-41(40,9)36(43)17-16-35(42)39(37,6)7;7-5-2-1-3-6(8)4-5/h13-16,18,25,30,33,36-37,44H,10-12,17,19-24,26-27H2,1-9H3;1-4H,7-8H2/b18-14+;. The smallest absolute Gasteiger partial charge is 0.331 e. The molecule has 2 aromatic carbocycles. The van der Waals surface area contributed by atoms with Crippen LogP contribution in [0.3, 0.4) is 0 Å². The van der Waals surface area contributed by atoms with Crippen molar-refractivity contribution in [1.82, 2.24) is 0 Å². The fourth-order valence-corrected chi connectivity index (χ4v) is 12.7. The Balaban J connectivity index is 0.000000572. The zero-order chi connectivity index (χ0) is 40.0. The molecule has 2 spiro atoms. The molecule has 6 heteroatoms. The fourth-order valence-electron chi connectivity index (χ4n) is 12.7. The maximum absolute atomic E-state index is 13.2. The zero-order valence-corrected chi connectivity index (χ0v) is 35.4. The van der Waals surface area contributed by atoms with Gasteiger partial charge in [-0.2, -0.15) is 0 Å². The first kappa shape index (κ1) is 41.1. The minimum atomic E-state index is -0.287. The summed E-state index contributed by atoms with van der Waals surface area (Å²) in [7, 11) is 0. The van der Waals surface area contributed by atoms with Crippen molar-refractivity contribution < 1.29 is 19.4 Å². The molecule has 6 nitrogen and oxygen atoms in total. The molecule has 5 aliphatic carbocycles. The summed E-state index contributed by atoms with van der Waals surface area (Å²) in [6.45, 7) is 21.9. The summed E-state index contributed by atoms with van der Waals surface area (Å²) in [5.41, 5.74) is 19.8. The molecule has 0 aliphatic heterocycles. The van der Waals surface area contributed by atoms with E-state index in [1.807, 2.05) is 31.2 Å². The number of carbonyl (C=O) groups is 1. The minimum Gasteiger partial charge on any atom is -0.494 e. The molecule has 0 bridgehead atoms. The van der Waals surface area contributed by atoms with Gasteiger partial charge in [0, 0.05) is 28.4 Å². The maximum Gasteiger partial charge on any atom is 0.331 e. The van der Waals surface area contributed by atoms with E-state index >= 15 is 0 Å². The van der Waals surface area contributed by atoms with Gasteiger partial charge < -0.3 is 26.0 Å². The normalized spacial score (nSPS) is 33.1. The van der Waals surface area contributed by atoms with Crippen LogP contribution >= 0.6 is 0 Å². The van der Waals surface area contributed by atoms with Crippen LogP contribution in [0.15, 0.2) is 71.3 Å². The molecule has 4 saturated carbocycles. The maximum atomic E-state index is 13.2. The van der Waals surface area contributed by atoms with Crippen LogP contribution in [-0.2, 0) is 16.1 Å². The number of rotatable bonds is 10. The Kier molecular flexibility index (Phi) is 11.5. The summed E-state index contributed by atoms with van der Waals surface area (Å²) >= 11 is 0. The third-order valence-corrected chi connectivity index (χ3v) is 16.1. The molecule has 0 radical (unpaired) electrons. The first-order valence-corrected chi connectivity index (χ1v) is 21.2. The molecule has 0 amide bonds. The summed E-state index contributed by atoms with van der Waals surface area (Å²) in [5.74, 6) is 2.76. The lowest BCUT2D eigenvalue weighted by molar-refractivity contribution is -0.152. The van der Waals surface area contributed by atoms with Gasteiger partial charge >= 0.3 is 5.97 Å². The van der Waals surface area contributed by atoms with Gasteiger partial charge in [-0.3, -0.25) is 0 Å². The monoisotopic (exact) mass is 751 g/mol. The van der Waals surface area contributed by atoms with Gasteiger partial charge in [-0.25, -0.2) is 4.79 Å². The highest BCUT2D eigenvalue weighted by atomic mass is 16.5. The van der Waals surface area contributed by atoms with E-state index in [2.05, 4.69) is 61.5 Å². The third kappa shape index (κ3) is 7.19. The van der Waals surface area contributed by atoms with E-state index in [9.17, 15) is 9.90 Å². The highest BCUT2D eigenvalue weighted by Gasteiger charge is 2.80. The Bertz CT molecular complexity index is 1820. The molecule has 0 saturated heterocycles. The van der Waals surface area contributed by atoms with Crippen molar-refractivity contribution >= 4 is 23.4 Å². The van der Waals surface area contributed by atoms with Gasteiger partial charge in [0.25, 0.3) is 0 Å². The van der Waals surface area contributed by atoms with Crippen LogP contribution in [0.1, 0.15) is 138 Å². The third-order valence-electron chi connectivity index (χ3n) is 16.1. The Morgan fingerprint density at radius 3 is 2.33 bits per heavy atom. The lowest BCUT2D eigenvalue weighted by atomic mass is 9.43. The van der Waals surface area contributed by atoms with Gasteiger partial charge in [0.15, 0.2) is 0 Å². The van der Waals surface area contributed by atoms with Crippen molar-refractivity contribution in [3.05, 3.63) is 82.5 Å². The number of hydrogen-bond donors (Lipinski definition) is 3.